The topological polar surface area (TPSA) is 106 Å². The normalized spacial score (nSPS) is 12.8. The number of amides is 1. The van der Waals surface area contributed by atoms with Crippen LogP contribution in [0.25, 0.3) is 55.8 Å². The third kappa shape index (κ3) is 4.89. The fourth-order valence-corrected chi connectivity index (χ4v) is 6.64. The molecule has 3 aromatic heterocycles. The van der Waals surface area contributed by atoms with Crippen molar-refractivity contribution in [1.82, 2.24) is 14.9 Å². The maximum absolute atomic E-state index is 14.7. The lowest BCUT2D eigenvalue weighted by Gasteiger charge is -2.20. The molecule has 8 nitrogen and oxygen atoms in total. The van der Waals surface area contributed by atoms with Crippen LogP contribution in [0.4, 0.5) is 18.9 Å². The van der Waals surface area contributed by atoms with Crippen LogP contribution in [-0.2, 0) is 23.0 Å². The van der Waals surface area contributed by atoms with Gasteiger partial charge in [-0.25, -0.2) is 26.6 Å². The number of hydrogen-bond acceptors (Lipinski definition) is 5. The van der Waals surface area contributed by atoms with Crippen molar-refractivity contribution in [2.45, 2.75) is 26.3 Å². The predicted octanol–water partition coefficient (Wildman–Crippen LogP) is 7.54. The molecule has 0 bridgehead atoms. The van der Waals surface area contributed by atoms with E-state index in [9.17, 15) is 26.4 Å². The number of halogens is 3. The number of sulfonamides is 1. The molecule has 0 spiro atoms. The highest BCUT2D eigenvalue weighted by molar-refractivity contribution is 7.92. The van der Waals surface area contributed by atoms with E-state index in [-0.39, 0.29) is 39.7 Å². The summed E-state index contributed by atoms with van der Waals surface area (Å²) in [5.41, 5.74) is 4.65. The van der Waals surface area contributed by atoms with Gasteiger partial charge in [-0.05, 0) is 49.2 Å². The Labute approximate surface area is 261 Å². The molecule has 1 amide bonds. The minimum absolute atomic E-state index is 0.140. The molecular weight excluding hydrogens is 617 g/mol. The molecule has 0 saturated heterocycles. The molecule has 4 heterocycles. The number of anilines is 1. The number of aromatic nitrogens is 2. The fraction of sp³-hybridized carbons (Fsp3) is 0.176. The quantitative estimate of drug-likeness (QED) is 0.187. The van der Waals surface area contributed by atoms with E-state index < -0.39 is 22.4 Å². The number of aryl methyl sites for hydroxylation is 2. The molecular formula is C34H27F3N4O4S. The third-order valence-corrected chi connectivity index (χ3v) is 9.64. The lowest BCUT2D eigenvalue weighted by molar-refractivity contribution is 0.0964. The Morgan fingerprint density at radius 1 is 1.04 bits per heavy atom. The number of furan rings is 1. The molecule has 0 aliphatic carbocycles. The van der Waals surface area contributed by atoms with Gasteiger partial charge in [-0.1, -0.05) is 36.4 Å². The number of benzene rings is 3. The first-order valence-corrected chi connectivity index (χ1v) is 16.2. The first-order valence-electron chi connectivity index (χ1n) is 14.6. The minimum atomic E-state index is -3.76. The summed E-state index contributed by atoms with van der Waals surface area (Å²) in [5.74, 6) is -0.872. The van der Waals surface area contributed by atoms with Crippen molar-refractivity contribution in [2.24, 2.45) is 0 Å². The van der Waals surface area contributed by atoms with Gasteiger partial charge in [-0.2, -0.15) is 0 Å². The van der Waals surface area contributed by atoms with Crippen LogP contribution in [0.5, 0.6) is 0 Å². The maximum atomic E-state index is 14.7. The number of carbonyl (C=O) groups excluding carboxylic acids is 1. The van der Waals surface area contributed by atoms with Crippen LogP contribution in [0.3, 0.4) is 0 Å². The Bertz CT molecular complexity index is 2290. The second-order valence-corrected chi connectivity index (χ2v) is 13.0. The van der Waals surface area contributed by atoms with Crippen LogP contribution in [0.2, 0.25) is 0 Å². The number of fused-ring (bicyclic) bond motifs is 6. The van der Waals surface area contributed by atoms with Crippen LogP contribution in [0.15, 0.2) is 77.2 Å². The molecule has 1 aliphatic heterocycles. The number of pyridine rings is 1. The average molecular weight is 645 g/mol. The van der Waals surface area contributed by atoms with E-state index in [2.05, 4.69) is 10.0 Å². The molecule has 0 fully saturated rings. The van der Waals surface area contributed by atoms with Gasteiger partial charge in [0.1, 0.15) is 17.2 Å². The fourth-order valence-electron chi connectivity index (χ4n) is 5.99. The molecule has 12 heteroatoms. The Kier molecular flexibility index (Phi) is 7.11. The summed E-state index contributed by atoms with van der Waals surface area (Å²) in [6.07, 6.45) is -2.00. The molecule has 0 atom stereocenters. The minimum Gasteiger partial charge on any atom is -0.455 e. The number of nitrogens with one attached hydrogen (secondary N) is 2. The molecule has 1 aliphatic rings. The zero-order valence-corrected chi connectivity index (χ0v) is 25.5. The standard InChI is InChI=1S/C34H27F3N4O4S/c1-3-46(43,44)40-26-17-29-23(30(34(42)38-2)32(45-29)19-7-9-20(10-8-19)33(36)37)15-22(26)25-12-11-18-13-14-41-27-6-4-5-24(35)21(27)16-28(41)31(18)39-25/h4-12,15-17,33,40H,3,13-14H2,1-2H3,(H,38,42). The number of nitrogens with zero attached hydrogens (tertiary/aromatic N) is 2. The van der Waals surface area contributed by atoms with Gasteiger partial charge in [-0.3, -0.25) is 9.52 Å². The summed E-state index contributed by atoms with van der Waals surface area (Å²) in [7, 11) is -2.30. The Morgan fingerprint density at radius 2 is 1.83 bits per heavy atom. The van der Waals surface area contributed by atoms with Crippen molar-refractivity contribution >= 4 is 43.5 Å². The van der Waals surface area contributed by atoms with Crippen LogP contribution in [0, 0.1) is 5.82 Å². The molecule has 7 rings (SSSR count). The second kappa shape index (κ2) is 11.1. The van der Waals surface area contributed by atoms with E-state index >= 15 is 0 Å². The Morgan fingerprint density at radius 3 is 2.54 bits per heavy atom. The Hall–Kier alpha value is -5.10. The van der Waals surface area contributed by atoms with Gasteiger partial charge >= 0.3 is 0 Å². The first-order chi connectivity index (χ1) is 22.1. The van der Waals surface area contributed by atoms with Crippen molar-refractivity contribution in [1.29, 1.82) is 0 Å². The van der Waals surface area contributed by atoms with Gasteiger partial charge in [0.15, 0.2) is 0 Å². The molecule has 46 heavy (non-hydrogen) atoms. The highest BCUT2D eigenvalue weighted by Gasteiger charge is 2.27. The molecule has 6 aromatic rings. The zero-order chi connectivity index (χ0) is 32.3. The van der Waals surface area contributed by atoms with E-state index in [0.717, 1.165) is 16.8 Å². The molecule has 2 N–H and O–H groups in total. The monoisotopic (exact) mass is 644 g/mol. The van der Waals surface area contributed by atoms with Gasteiger partial charge in [0.05, 0.1) is 39.6 Å². The van der Waals surface area contributed by atoms with Crippen LogP contribution in [-0.4, -0.2) is 36.7 Å². The lowest BCUT2D eigenvalue weighted by Crippen LogP contribution is -2.18. The number of rotatable bonds is 7. The van der Waals surface area contributed by atoms with E-state index in [4.69, 9.17) is 9.40 Å². The number of carbonyl (C=O) groups is 1. The van der Waals surface area contributed by atoms with Crippen molar-refractivity contribution in [3.05, 3.63) is 95.3 Å². The molecule has 3 aromatic carbocycles. The molecule has 0 unspecified atom stereocenters. The van der Waals surface area contributed by atoms with Crippen LogP contribution >= 0.6 is 0 Å². The number of hydrogen-bond donors (Lipinski definition) is 2. The number of alkyl halides is 2. The summed E-state index contributed by atoms with van der Waals surface area (Å²) in [6, 6.07) is 19.0. The van der Waals surface area contributed by atoms with E-state index in [0.29, 0.717) is 46.3 Å². The molecule has 0 saturated carbocycles. The predicted molar refractivity (Wildman–Crippen MR) is 171 cm³/mol. The molecule has 0 radical (unpaired) electrons. The highest BCUT2D eigenvalue weighted by Crippen LogP contribution is 2.42. The highest BCUT2D eigenvalue weighted by atomic mass is 32.2. The van der Waals surface area contributed by atoms with E-state index in [1.807, 2.05) is 16.7 Å². The van der Waals surface area contributed by atoms with Gasteiger partial charge in [-0.15, -0.1) is 0 Å². The summed E-state index contributed by atoms with van der Waals surface area (Å²) in [5, 5.41) is 3.47. The summed E-state index contributed by atoms with van der Waals surface area (Å²) < 4.78 is 77.6. The van der Waals surface area contributed by atoms with Crippen molar-refractivity contribution in [2.75, 3.05) is 17.5 Å². The maximum Gasteiger partial charge on any atom is 0.263 e. The van der Waals surface area contributed by atoms with Crippen molar-refractivity contribution in [3.63, 3.8) is 0 Å². The third-order valence-electron chi connectivity index (χ3n) is 8.35. The second-order valence-electron chi connectivity index (χ2n) is 11.0. The van der Waals surface area contributed by atoms with Gasteiger partial charge in [0, 0.05) is 47.1 Å². The SMILES string of the molecule is CCS(=O)(=O)Nc1cc2oc(-c3ccc(C(F)F)cc3)c(C(=O)NC)c2cc1-c1ccc2c(n1)-c1cc3c(F)cccc3n1CC2. The van der Waals surface area contributed by atoms with E-state index in [1.165, 1.54) is 50.4 Å². The van der Waals surface area contributed by atoms with Crippen molar-refractivity contribution in [3.8, 4) is 34.0 Å². The Balaban J connectivity index is 1.46. The summed E-state index contributed by atoms with van der Waals surface area (Å²) in [4.78, 5) is 18.2. The zero-order valence-electron chi connectivity index (χ0n) is 24.7. The average Bonchev–Trinajstić information content (AvgIpc) is 3.63. The van der Waals surface area contributed by atoms with Gasteiger partial charge in [0.25, 0.3) is 12.3 Å². The smallest absolute Gasteiger partial charge is 0.263 e. The van der Waals surface area contributed by atoms with Crippen LogP contribution in [0.1, 0.15) is 34.8 Å². The van der Waals surface area contributed by atoms with E-state index in [1.54, 1.807) is 24.3 Å². The van der Waals surface area contributed by atoms with Crippen molar-refractivity contribution < 1.29 is 30.8 Å². The molecule has 234 valence electrons. The van der Waals surface area contributed by atoms with Gasteiger partial charge in [0.2, 0.25) is 10.0 Å². The largest absolute Gasteiger partial charge is 0.455 e. The lowest BCUT2D eigenvalue weighted by atomic mass is 9.98. The van der Waals surface area contributed by atoms with Gasteiger partial charge < -0.3 is 14.3 Å². The summed E-state index contributed by atoms with van der Waals surface area (Å²) in [6.45, 7) is 2.16. The first kappa shape index (κ1) is 29.6. The summed E-state index contributed by atoms with van der Waals surface area (Å²) >= 11 is 0. The van der Waals surface area contributed by atoms with Crippen LogP contribution < -0.4 is 10.0 Å².